The number of anilines is 1. The zero-order chi connectivity index (χ0) is 21.0. The lowest BCUT2D eigenvalue weighted by atomic mass is 10.1. The molecule has 0 atom stereocenters. The highest BCUT2D eigenvalue weighted by atomic mass is 16.5. The fourth-order valence-electron chi connectivity index (χ4n) is 3.10. The SMILES string of the molecule is Cc1ccc(-n2nc(C)c(NC(=O)COC(=O)Cc3ccccc3C)c2C)cc1. The van der Waals surface area contributed by atoms with E-state index in [-0.39, 0.29) is 13.0 Å². The highest BCUT2D eigenvalue weighted by molar-refractivity contribution is 5.94. The topological polar surface area (TPSA) is 73.2 Å². The molecular weight excluding hydrogens is 366 g/mol. The molecule has 2 aromatic carbocycles. The molecule has 0 aliphatic rings. The summed E-state index contributed by atoms with van der Waals surface area (Å²) in [4.78, 5) is 24.4. The average molecular weight is 391 g/mol. The van der Waals surface area contributed by atoms with Gasteiger partial charge in [-0.05, 0) is 51.0 Å². The molecule has 3 rings (SSSR count). The van der Waals surface area contributed by atoms with Gasteiger partial charge in [0.15, 0.2) is 6.61 Å². The molecule has 150 valence electrons. The van der Waals surface area contributed by atoms with Crippen molar-refractivity contribution in [3.63, 3.8) is 0 Å². The maximum Gasteiger partial charge on any atom is 0.310 e. The molecule has 3 aromatic rings. The summed E-state index contributed by atoms with van der Waals surface area (Å²) in [5, 5.41) is 7.33. The van der Waals surface area contributed by atoms with E-state index < -0.39 is 11.9 Å². The van der Waals surface area contributed by atoms with Crippen LogP contribution in [-0.4, -0.2) is 28.3 Å². The Hall–Kier alpha value is -3.41. The molecule has 1 amide bonds. The van der Waals surface area contributed by atoms with E-state index in [2.05, 4.69) is 10.4 Å². The maximum absolute atomic E-state index is 12.3. The lowest BCUT2D eigenvalue weighted by molar-refractivity contribution is -0.146. The molecule has 0 saturated carbocycles. The third kappa shape index (κ3) is 4.90. The van der Waals surface area contributed by atoms with Crippen LogP contribution < -0.4 is 5.32 Å². The number of amides is 1. The van der Waals surface area contributed by atoms with E-state index in [1.54, 1.807) is 4.68 Å². The van der Waals surface area contributed by atoms with Crippen LogP contribution >= 0.6 is 0 Å². The number of aromatic nitrogens is 2. The zero-order valence-corrected chi connectivity index (χ0v) is 17.2. The number of benzene rings is 2. The summed E-state index contributed by atoms with van der Waals surface area (Å²) < 4.78 is 6.93. The van der Waals surface area contributed by atoms with Crippen molar-refractivity contribution in [2.24, 2.45) is 0 Å². The Morgan fingerprint density at radius 3 is 2.38 bits per heavy atom. The summed E-state index contributed by atoms with van der Waals surface area (Å²) in [5.74, 6) is -0.823. The lowest BCUT2D eigenvalue weighted by Gasteiger charge is -2.09. The van der Waals surface area contributed by atoms with Crippen molar-refractivity contribution in [3.05, 3.63) is 76.6 Å². The number of carbonyl (C=O) groups excluding carboxylic acids is 2. The van der Waals surface area contributed by atoms with Crippen molar-refractivity contribution in [2.75, 3.05) is 11.9 Å². The van der Waals surface area contributed by atoms with Crippen molar-refractivity contribution in [2.45, 2.75) is 34.1 Å². The molecule has 6 nitrogen and oxygen atoms in total. The van der Waals surface area contributed by atoms with E-state index >= 15 is 0 Å². The van der Waals surface area contributed by atoms with E-state index in [9.17, 15) is 9.59 Å². The van der Waals surface area contributed by atoms with Gasteiger partial charge in [0, 0.05) is 0 Å². The van der Waals surface area contributed by atoms with Gasteiger partial charge in [0.2, 0.25) is 0 Å². The van der Waals surface area contributed by atoms with Gasteiger partial charge in [-0.3, -0.25) is 9.59 Å². The van der Waals surface area contributed by atoms with Crippen molar-refractivity contribution < 1.29 is 14.3 Å². The second-order valence-corrected chi connectivity index (χ2v) is 7.11. The van der Waals surface area contributed by atoms with E-state index in [1.165, 1.54) is 0 Å². The molecule has 0 unspecified atom stereocenters. The molecule has 0 radical (unpaired) electrons. The Balaban J connectivity index is 1.61. The molecule has 6 heteroatoms. The molecule has 0 aliphatic carbocycles. The highest BCUT2D eigenvalue weighted by Crippen LogP contribution is 2.23. The van der Waals surface area contributed by atoms with Gasteiger partial charge in [-0.25, -0.2) is 4.68 Å². The second kappa shape index (κ2) is 8.73. The summed E-state index contributed by atoms with van der Waals surface area (Å²) in [5.41, 5.74) is 6.13. The molecule has 1 heterocycles. The average Bonchev–Trinajstić information content (AvgIpc) is 2.97. The van der Waals surface area contributed by atoms with E-state index in [1.807, 2.05) is 76.2 Å². The van der Waals surface area contributed by atoms with Crippen LogP contribution in [-0.2, 0) is 20.7 Å². The minimum Gasteiger partial charge on any atom is -0.455 e. The van der Waals surface area contributed by atoms with Crippen molar-refractivity contribution in [1.29, 1.82) is 0 Å². The second-order valence-electron chi connectivity index (χ2n) is 7.11. The Morgan fingerprint density at radius 1 is 1.00 bits per heavy atom. The molecule has 29 heavy (non-hydrogen) atoms. The smallest absolute Gasteiger partial charge is 0.310 e. The van der Waals surface area contributed by atoms with Gasteiger partial charge in [-0.2, -0.15) is 5.10 Å². The predicted octanol–water partition coefficient (Wildman–Crippen LogP) is 3.83. The van der Waals surface area contributed by atoms with Crippen LogP contribution in [0.3, 0.4) is 0 Å². The summed E-state index contributed by atoms with van der Waals surface area (Å²) in [6.45, 7) is 7.35. The molecule has 0 aliphatic heterocycles. The predicted molar refractivity (Wildman–Crippen MR) is 112 cm³/mol. The first kappa shape index (κ1) is 20.3. The first-order valence-electron chi connectivity index (χ1n) is 9.48. The number of ether oxygens (including phenoxy) is 1. The Labute approximate surface area is 170 Å². The molecule has 1 aromatic heterocycles. The van der Waals surface area contributed by atoms with Crippen molar-refractivity contribution in [1.82, 2.24) is 9.78 Å². The largest absolute Gasteiger partial charge is 0.455 e. The molecule has 0 spiro atoms. The van der Waals surface area contributed by atoms with Gasteiger partial charge in [-0.1, -0.05) is 42.0 Å². The van der Waals surface area contributed by atoms with Crippen molar-refractivity contribution in [3.8, 4) is 5.69 Å². The summed E-state index contributed by atoms with van der Waals surface area (Å²) in [6.07, 6.45) is 0.142. The van der Waals surface area contributed by atoms with Gasteiger partial charge >= 0.3 is 5.97 Å². The van der Waals surface area contributed by atoms with Crippen LogP contribution in [0.1, 0.15) is 28.1 Å². The normalized spacial score (nSPS) is 10.6. The number of hydrogen-bond acceptors (Lipinski definition) is 4. The van der Waals surface area contributed by atoms with Crippen molar-refractivity contribution >= 4 is 17.6 Å². The van der Waals surface area contributed by atoms with E-state index in [4.69, 9.17) is 4.74 Å². The van der Waals surface area contributed by atoms with Gasteiger partial charge in [0.25, 0.3) is 5.91 Å². The zero-order valence-electron chi connectivity index (χ0n) is 17.2. The van der Waals surface area contributed by atoms with Gasteiger partial charge < -0.3 is 10.1 Å². The van der Waals surface area contributed by atoms with Gasteiger partial charge in [0.1, 0.15) is 0 Å². The standard InChI is InChI=1S/C23H25N3O3/c1-15-9-11-20(12-10-15)26-18(4)23(17(3)25-26)24-21(27)14-29-22(28)13-19-8-6-5-7-16(19)2/h5-12H,13-14H2,1-4H3,(H,24,27). The van der Waals surface area contributed by atoms with Gasteiger partial charge in [0.05, 0.1) is 29.2 Å². The molecule has 0 fully saturated rings. The van der Waals surface area contributed by atoms with Crippen LogP contribution in [0.5, 0.6) is 0 Å². The minimum absolute atomic E-state index is 0.142. The van der Waals surface area contributed by atoms with Crippen LogP contribution in [0.2, 0.25) is 0 Å². The number of nitrogens with zero attached hydrogens (tertiary/aromatic N) is 2. The monoisotopic (exact) mass is 391 g/mol. The minimum atomic E-state index is -0.432. The first-order chi connectivity index (χ1) is 13.8. The third-order valence-corrected chi connectivity index (χ3v) is 4.79. The molecule has 1 N–H and O–H groups in total. The maximum atomic E-state index is 12.3. The van der Waals surface area contributed by atoms with Crippen LogP contribution in [0, 0.1) is 27.7 Å². The quantitative estimate of drug-likeness (QED) is 0.648. The van der Waals surface area contributed by atoms with E-state index in [0.717, 1.165) is 28.1 Å². The number of carbonyl (C=O) groups is 2. The highest BCUT2D eigenvalue weighted by Gasteiger charge is 2.16. The Kier molecular flexibility index (Phi) is 6.12. The molecule has 0 saturated heterocycles. The fraction of sp³-hybridized carbons (Fsp3) is 0.261. The number of nitrogens with one attached hydrogen (secondary N) is 1. The Bertz CT molecular complexity index is 1040. The van der Waals surface area contributed by atoms with E-state index in [0.29, 0.717) is 11.4 Å². The Morgan fingerprint density at radius 2 is 1.69 bits per heavy atom. The number of rotatable bonds is 6. The lowest BCUT2D eigenvalue weighted by Crippen LogP contribution is -2.22. The molecule has 0 bridgehead atoms. The fourth-order valence-corrected chi connectivity index (χ4v) is 3.10. The van der Waals surface area contributed by atoms with Crippen LogP contribution in [0.25, 0.3) is 5.69 Å². The summed E-state index contributed by atoms with van der Waals surface area (Å²) in [7, 11) is 0. The molecular formula is C23H25N3O3. The van der Waals surface area contributed by atoms with Gasteiger partial charge in [-0.15, -0.1) is 0 Å². The summed E-state index contributed by atoms with van der Waals surface area (Å²) >= 11 is 0. The number of hydrogen-bond donors (Lipinski definition) is 1. The van der Waals surface area contributed by atoms with Crippen LogP contribution in [0.4, 0.5) is 5.69 Å². The summed E-state index contributed by atoms with van der Waals surface area (Å²) in [6, 6.07) is 15.6. The third-order valence-electron chi connectivity index (χ3n) is 4.79. The van der Waals surface area contributed by atoms with Crippen LogP contribution in [0.15, 0.2) is 48.5 Å². The number of esters is 1. The number of aryl methyl sites for hydroxylation is 3. The first-order valence-corrected chi connectivity index (χ1v) is 9.48.